The molecule has 1 fully saturated rings. The maximum Gasteiger partial charge on any atom is 0.262 e. The van der Waals surface area contributed by atoms with Gasteiger partial charge in [-0.2, -0.15) is 0 Å². The van der Waals surface area contributed by atoms with Crippen LogP contribution < -0.4 is 10.1 Å². The van der Waals surface area contributed by atoms with Gasteiger partial charge in [0.05, 0.1) is 0 Å². The molecule has 4 nitrogen and oxygen atoms in total. The standard InChI is InChI=1S/C17H26N2O2/c1-11-8-14(10-18-15-6-7-15)9-12(2)16(11)21-13(3)17(20)19(4)5/h8-9,13,15,18H,6-7,10H2,1-5H3. The third-order valence-electron chi connectivity index (χ3n) is 3.78. The Kier molecular flexibility index (Phi) is 4.88. The van der Waals surface area contributed by atoms with E-state index in [9.17, 15) is 4.79 Å². The SMILES string of the molecule is Cc1cc(CNC2CC2)cc(C)c1OC(C)C(=O)N(C)C. The fourth-order valence-corrected chi connectivity index (χ4v) is 2.47. The topological polar surface area (TPSA) is 41.6 Å². The molecule has 1 atom stereocenters. The van der Waals surface area contributed by atoms with Crippen LogP contribution in [0.1, 0.15) is 36.5 Å². The molecule has 1 N–H and O–H groups in total. The molecule has 0 bridgehead atoms. The number of likely N-dealkylation sites (N-methyl/N-ethyl adjacent to an activating group) is 1. The lowest BCUT2D eigenvalue weighted by atomic mass is 10.1. The van der Waals surface area contributed by atoms with Crippen LogP contribution in [0.3, 0.4) is 0 Å². The Balaban J connectivity index is 2.06. The van der Waals surface area contributed by atoms with Gasteiger partial charge < -0.3 is 15.0 Å². The van der Waals surface area contributed by atoms with Gasteiger partial charge in [0.15, 0.2) is 6.10 Å². The Morgan fingerprint density at radius 1 is 1.33 bits per heavy atom. The van der Waals surface area contributed by atoms with Gasteiger partial charge in [0, 0.05) is 26.7 Å². The monoisotopic (exact) mass is 290 g/mol. The van der Waals surface area contributed by atoms with Crippen LogP contribution in [0.25, 0.3) is 0 Å². The maximum absolute atomic E-state index is 11.9. The fourth-order valence-electron chi connectivity index (χ4n) is 2.47. The zero-order valence-electron chi connectivity index (χ0n) is 13.7. The van der Waals surface area contributed by atoms with E-state index in [1.807, 2.05) is 13.8 Å². The predicted molar refractivity (Wildman–Crippen MR) is 84.6 cm³/mol. The van der Waals surface area contributed by atoms with E-state index in [2.05, 4.69) is 17.4 Å². The highest BCUT2D eigenvalue weighted by atomic mass is 16.5. The van der Waals surface area contributed by atoms with Crippen molar-refractivity contribution in [2.45, 2.75) is 52.3 Å². The molecule has 2 rings (SSSR count). The van der Waals surface area contributed by atoms with Crippen molar-refractivity contribution in [1.82, 2.24) is 10.2 Å². The van der Waals surface area contributed by atoms with E-state index in [4.69, 9.17) is 4.74 Å². The van der Waals surface area contributed by atoms with Crippen LogP contribution in [0.15, 0.2) is 12.1 Å². The van der Waals surface area contributed by atoms with E-state index in [-0.39, 0.29) is 5.91 Å². The lowest BCUT2D eigenvalue weighted by Crippen LogP contribution is -2.35. The molecule has 0 saturated heterocycles. The molecule has 1 saturated carbocycles. The summed E-state index contributed by atoms with van der Waals surface area (Å²) in [5, 5.41) is 3.52. The Labute approximate surface area is 127 Å². The first-order valence-electron chi connectivity index (χ1n) is 7.59. The first kappa shape index (κ1) is 15.8. The number of rotatable bonds is 6. The zero-order chi connectivity index (χ0) is 15.6. The lowest BCUT2D eigenvalue weighted by Gasteiger charge is -2.21. The molecule has 1 aliphatic rings. The second-order valence-corrected chi connectivity index (χ2v) is 6.21. The minimum Gasteiger partial charge on any atom is -0.480 e. The average Bonchev–Trinajstić information content (AvgIpc) is 3.23. The molecule has 0 aliphatic heterocycles. The van der Waals surface area contributed by atoms with Crippen molar-refractivity contribution < 1.29 is 9.53 Å². The number of nitrogens with one attached hydrogen (secondary N) is 1. The molecule has 1 aromatic rings. The molecular weight excluding hydrogens is 264 g/mol. The van der Waals surface area contributed by atoms with Gasteiger partial charge in [-0.05, 0) is 50.3 Å². The molecule has 0 heterocycles. The molecule has 1 unspecified atom stereocenters. The van der Waals surface area contributed by atoms with Crippen LogP contribution in [0, 0.1) is 13.8 Å². The molecule has 1 aliphatic carbocycles. The van der Waals surface area contributed by atoms with E-state index in [0.717, 1.165) is 23.4 Å². The fraction of sp³-hybridized carbons (Fsp3) is 0.588. The Morgan fingerprint density at radius 3 is 2.38 bits per heavy atom. The van der Waals surface area contributed by atoms with Gasteiger partial charge in [-0.15, -0.1) is 0 Å². The van der Waals surface area contributed by atoms with E-state index >= 15 is 0 Å². The van der Waals surface area contributed by atoms with Gasteiger partial charge >= 0.3 is 0 Å². The average molecular weight is 290 g/mol. The largest absolute Gasteiger partial charge is 0.480 e. The summed E-state index contributed by atoms with van der Waals surface area (Å²) < 4.78 is 5.88. The zero-order valence-corrected chi connectivity index (χ0v) is 13.7. The van der Waals surface area contributed by atoms with E-state index in [1.54, 1.807) is 25.9 Å². The van der Waals surface area contributed by atoms with Crippen LogP contribution in [0.5, 0.6) is 5.75 Å². The second-order valence-electron chi connectivity index (χ2n) is 6.21. The summed E-state index contributed by atoms with van der Waals surface area (Å²) in [5.41, 5.74) is 3.44. The minimum absolute atomic E-state index is 0.0201. The third-order valence-corrected chi connectivity index (χ3v) is 3.78. The van der Waals surface area contributed by atoms with Crippen molar-refractivity contribution in [2.24, 2.45) is 0 Å². The molecule has 4 heteroatoms. The number of carbonyl (C=O) groups excluding carboxylic acids is 1. The van der Waals surface area contributed by atoms with Crippen LogP contribution >= 0.6 is 0 Å². The highest BCUT2D eigenvalue weighted by molar-refractivity contribution is 5.80. The van der Waals surface area contributed by atoms with Crippen molar-refractivity contribution >= 4 is 5.91 Å². The van der Waals surface area contributed by atoms with Crippen LogP contribution in [0.2, 0.25) is 0 Å². The van der Waals surface area contributed by atoms with Crippen LogP contribution in [-0.4, -0.2) is 37.0 Å². The summed E-state index contributed by atoms with van der Waals surface area (Å²) in [4.78, 5) is 13.5. The van der Waals surface area contributed by atoms with Gasteiger partial charge in [0.25, 0.3) is 5.91 Å². The van der Waals surface area contributed by atoms with Crippen molar-refractivity contribution in [3.63, 3.8) is 0 Å². The molecule has 21 heavy (non-hydrogen) atoms. The number of hydrogen-bond donors (Lipinski definition) is 1. The maximum atomic E-state index is 11.9. The van der Waals surface area contributed by atoms with E-state index in [1.165, 1.54) is 18.4 Å². The highest BCUT2D eigenvalue weighted by Crippen LogP contribution is 2.27. The summed E-state index contributed by atoms with van der Waals surface area (Å²) in [6.07, 6.45) is 2.12. The van der Waals surface area contributed by atoms with E-state index in [0.29, 0.717) is 6.04 Å². The quantitative estimate of drug-likeness (QED) is 0.875. The normalized spacial score (nSPS) is 15.7. The first-order valence-corrected chi connectivity index (χ1v) is 7.59. The number of hydrogen-bond acceptors (Lipinski definition) is 3. The summed E-state index contributed by atoms with van der Waals surface area (Å²) >= 11 is 0. The summed E-state index contributed by atoms with van der Waals surface area (Å²) in [6, 6.07) is 4.99. The Morgan fingerprint density at radius 2 is 1.90 bits per heavy atom. The smallest absolute Gasteiger partial charge is 0.262 e. The highest BCUT2D eigenvalue weighted by Gasteiger charge is 2.21. The summed E-state index contributed by atoms with van der Waals surface area (Å²) in [6.45, 7) is 6.77. The predicted octanol–water partition coefficient (Wildman–Crippen LogP) is 2.41. The van der Waals surface area contributed by atoms with Crippen molar-refractivity contribution in [1.29, 1.82) is 0 Å². The number of aryl methyl sites for hydroxylation is 2. The lowest BCUT2D eigenvalue weighted by molar-refractivity contribution is -0.135. The van der Waals surface area contributed by atoms with Crippen molar-refractivity contribution in [2.75, 3.05) is 14.1 Å². The number of nitrogens with zero attached hydrogens (tertiary/aromatic N) is 1. The van der Waals surface area contributed by atoms with Gasteiger partial charge in [0.2, 0.25) is 0 Å². The molecule has 1 amide bonds. The van der Waals surface area contributed by atoms with Gasteiger partial charge in [-0.25, -0.2) is 0 Å². The summed E-state index contributed by atoms with van der Waals surface area (Å²) in [7, 11) is 3.49. The first-order chi connectivity index (χ1) is 9.88. The molecule has 116 valence electrons. The van der Waals surface area contributed by atoms with Crippen LogP contribution in [-0.2, 0) is 11.3 Å². The van der Waals surface area contributed by atoms with E-state index < -0.39 is 6.10 Å². The molecule has 1 aromatic carbocycles. The molecular formula is C17H26N2O2. The molecule has 0 radical (unpaired) electrons. The van der Waals surface area contributed by atoms with Crippen molar-refractivity contribution in [3.05, 3.63) is 28.8 Å². The second kappa shape index (κ2) is 6.48. The van der Waals surface area contributed by atoms with Gasteiger partial charge in [-0.1, -0.05) is 12.1 Å². The minimum atomic E-state index is -0.465. The molecule has 0 aromatic heterocycles. The number of ether oxygens (including phenoxy) is 1. The van der Waals surface area contributed by atoms with Crippen LogP contribution in [0.4, 0.5) is 0 Å². The summed E-state index contributed by atoms with van der Waals surface area (Å²) in [5.74, 6) is 0.807. The van der Waals surface area contributed by atoms with Gasteiger partial charge in [0.1, 0.15) is 5.75 Å². The third kappa shape index (κ3) is 4.21. The Hall–Kier alpha value is -1.55. The number of carbonyl (C=O) groups is 1. The molecule has 0 spiro atoms. The van der Waals surface area contributed by atoms with Gasteiger partial charge in [-0.3, -0.25) is 4.79 Å². The Bertz CT molecular complexity index is 499. The van der Waals surface area contributed by atoms with Crippen molar-refractivity contribution in [3.8, 4) is 5.75 Å². The number of amides is 1. The number of benzene rings is 1.